The summed E-state index contributed by atoms with van der Waals surface area (Å²) in [4.78, 5) is 1.61. The number of aromatic nitrogens is 3. The Morgan fingerprint density at radius 3 is 2.57 bits per heavy atom. The number of benzene rings is 2. The molecule has 28 heavy (non-hydrogen) atoms. The molecule has 1 aliphatic rings. The average molecular weight is 400 g/mol. The first-order valence-electron chi connectivity index (χ1n) is 8.90. The summed E-state index contributed by atoms with van der Waals surface area (Å²) in [7, 11) is -3.74. The monoisotopic (exact) mass is 400 g/mol. The second-order valence-electron chi connectivity index (χ2n) is 6.34. The molecule has 2 aromatic carbocycles. The molecule has 0 unspecified atom stereocenters. The van der Waals surface area contributed by atoms with E-state index in [1.807, 2.05) is 30.3 Å². The van der Waals surface area contributed by atoms with Gasteiger partial charge in [-0.1, -0.05) is 18.2 Å². The first kappa shape index (κ1) is 18.5. The number of nitrogens with zero attached hydrogens (tertiary/aromatic N) is 3. The second kappa shape index (κ2) is 7.61. The van der Waals surface area contributed by atoms with Crippen molar-refractivity contribution < 1.29 is 17.9 Å². The number of ether oxygens (including phenoxy) is 2. The van der Waals surface area contributed by atoms with Crippen LogP contribution in [0.5, 0.6) is 11.5 Å². The predicted octanol–water partition coefficient (Wildman–Crippen LogP) is 2.22. The Bertz CT molecular complexity index is 1080. The number of nitrogens with one attached hydrogen (secondary N) is 1. The maximum atomic E-state index is 12.7. The number of fused-ring (bicyclic) bond motifs is 1. The lowest BCUT2D eigenvalue weighted by Crippen LogP contribution is -2.24. The highest BCUT2D eigenvalue weighted by atomic mass is 32.2. The summed E-state index contributed by atoms with van der Waals surface area (Å²) in [5, 5.41) is 8.75. The molecule has 4 rings (SSSR count). The highest BCUT2D eigenvalue weighted by molar-refractivity contribution is 7.89. The van der Waals surface area contributed by atoms with E-state index in [0.717, 1.165) is 12.1 Å². The molecule has 146 valence electrons. The fourth-order valence-corrected chi connectivity index (χ4v) is 3.81. The smallest absolute Gasteiger partial charge is 0.241 e. The first-order valence-corrected chi connectivity index (χ1v) is 10.4. The van der Waals surface area contributed by atoms with E-state index in [9.17, 15) is 8.42 Å². The molecule has 1 N–H and O–H groups in total. The van der Waals surface area contributed by atoms with Gasteiger partial charge in [0.2, 0.25) is 10.0 Å². The van der Waals surface area contributed by atoms with Gasteiger partial charge in [-0.25, -0.2) is 13.1 Å². The molecule has 0 aliphatic carbocycles. The molecule has 0 fully saturated rings. The van der Waals surface area contributed by atoms with Crippen molar-refractivity contribution in [3.8, 4) is 17.2 Å². The summed E-state index contributed by atoms with van der Waals surface area (Å²) in [6.45, 7) is 2.87. The molecule has 0 amide bonds. The van der Waals surface area contributed by atoms with Gasteiger partial charge in [-0.15, -0.1) is 0 Å². The van der Waals surface area contributed by atoms with Gasteiger partial charge in [0.05, 0.1) is 36.0 Å². The highest BCUT2D eigenvalue weighted by Crippen LogP contribution is 2.31. The summed E-state index contributed by atoms with van der Waals surface area (Å²) in [5.74, 6) is 0.990. The van der Waals surface area contributed by atoms with Crippen LogP contribution in [-0.2, 0) is 16.6 Å². The number of rotatable bonds is 5. The van der Waals surface area contributed by atoms with Crippen LogP contribution in [0.4, 0.5) is 0 Å². The Kier molecular flexibility index (Phi) is 5.01. The third-order valence-electron chi connectivity index (χ3n) is 4.32. The summed E-state index contributed by atoms with van der Waals surface area (Å²) in [5.41, 5.74) is 2.02. The maximum absolute atomic E-state index is 12.7. The van der Waals surface area contributed by atoms with Gasteiger partial charge in [0.25, 0.3) is 0 Å². The van der Waals surface area contributed by atoms with Crippen molar-refractivity contribution in [2.24, 2.45) is 0 Å². The van der Waals surface area contributed by atoms with E-state index in [2.05, 4.69) is 14.9 Å². The molecule has 0 saturated heterocycles. The molecule has 1 aromatic heterocycles. The minimum Gasteiger partial charge on any atom is -0.490 e. The van der Waals surface area contributed by atoms with E-state index >= 15 is 0 Å². The minimum absolute atomic E-state index is 0.0371. The van der Waals surface area contributed by atoms with E-state index < -0.39 is 10.0 Å². The fourth-order valence-electron chi connectivity index (χ4n) is 2.81. The molecule has 2 heterocycles. The minimum atomic E-state index is -3.74. The molecule has 3 aromatic rings. The summed E-state index contributed by atoms with van der Waals surface area (Å²) >= 11 is 0. The third kappa shape index (κ3) is 3.85. The molecule has 1 aliphatic heterocycles. The molecular formula is C19H20N4O4S. The van der Waals surface area contributed by atoms with Crippen molar-refractivity contribution in [1.82, 2.24) is 19.7 Å². The average Bonchev–Trinajstić information content (AvgIpc) is 2.92. The molecule has 0 saturated carbocycles. The molecule has 9 heteroatoms. The lowest BCUT2D eigenvalue weighted by Gasteiger charge is -2.10. The standard InChI is InChI=1S/C19H20N4O4S/c1-14-17(22-23(21-14)15-6-3-2-4-7-15)13-20-28(24,25)16-8-9-18-19(12-16)27-11-5-10-26-18/h2-4,6-9,12,20H,5,10-11,13H2,1H3. The van der Waals surface area contributed by atoms with E-state index in [1.54, 1.807) is 13.0 Å². The number of aryl methyl sites for hydroxylation is 1. The number of sulfonamides is 1. The SMILES string of the molecule is Cc1nn(-c2ccccc2)nc1CNS(=O)(=O)c1ccc2c(c1)OCCCO2. The van der Waals surface area contributed by atoms with Gasteiger partial charge in [0.1, 0.15) is 5.69 Å². The zero-order valence-electron chi connectivity index (χ0n) is 15.3. The molecule has 0 spiro atoms. The van der Waals surface area contributed by atoms with Crippen LogP contribution in [0.1, 0.15) is 17.8 Å². The Hall–Kier alpha value is -2.91. The van der Waals surface area contributed by atoms with Crippen LogP contribution in [0, 0.1) is 6.92 Å². The van der Waals surface area contributed by atoms with Crippen LogP contribution in [0.2, 0.25) is 0 Å². The van der Waals surface area contributed by atoms with Crippen LogP contribution in [0.3, 0.4) is 0 Å². The summed E-state index contributed by atoms with van der Waals surface area (Å²) in [6.07, 6.45) is 0.755. The predicted molar refractivity (Wildman–Crippen MR) is 102 cm³/mol. The quantitative estimate of drug-likeness (QED) is 0.706. The van der Waals surface area contributed by atoms with E-state index in [4.69, 9.17) is 9.47 Å². The van der Waals surface area contributed by atoms with E-state index in [0.29, 0.717) is 36.1 Å². The number of hydrogen-bond acceptors (Lipinski definition) is 6. The largest absolute Gasteiger partial charge is 0.490 e. The van der Waals surface area contributed by atoms with Crippen molar-refractivity contribution in [2.75, 3.05) is 13.2 Å². The van der Waals surface area contributed by atoms with Crippen molar-refractivity contribution >= 4 is 10.0 Å². The first-order chi connectivity index (χ1) is 13.5. The lowest BCUT2D eigenvalue weighted by atomic mass is 10.3. The van der Waals surface area contributed by atoms with Crippen molar-refractivity contribution in [2.45, 2.75) is 24.8 Å². The van der Waals surface area contributed by atoms with Gasteiger partial charge >= 0.3 is 0 Å². The Morgan fingerprint density at radius 2 is 1.79 bits per heavy atom. The normalized spacial score (nSPS) is 13.9. The van der Waals surface area contributed by atoms with Crippen molar-refractivity contribution in [1.29, 1.82) is 0 Å². The highest BCUT2D eigenvalue weighted by Gasteiger charge is 2.20. The van der Waals surface area contributed by atoms with E-state index in [-0.39, 0.29) is 11.4 Å². The van der Waals surface area contributed by atoms with Gasteiger partial charge in [-0.05, 0) is 31.2 Å². The fraction of sp³-hybridized carbons (Fsp3) is 0.263. The summed E-state index contributed by atoms with van der Waals surface area (Å²) < 4.78 is 39.1. The zero-order chi connectivity index (χ0) is 19.6. The second-order valence-corrected chi connectivity index (χ2v) is 8.11. The molecular weight excluding hydrogens is 380 g/mol. The lowest BCUT2D eigenvalue weighted by molar-refractivity contribution is 0.297. The molecule has 0 atom stereocenters. The molecule has 0 radical (unpaired) electrons. The van der Waals surface area contributed by atoms with Crippen LogP contribution >= 0.6 is 0 Å². The van der Waals surface area contributed by atoms with Crippen LogP contribution < -0.4 is 14.2 Å². The van der Waals surface area contributed by atoms with Crippen LogP contribution in [0.25, 0.3) is 5.69 Å². The topological polar surface area (TPSA) is 95.3 Å². The van der Waals surface area contributed by atoms with Gasteiger partial charge in [0.15, 0.2) is 11.5 Å². The zero-order valence-corrected chi connectivity index (χ0v) is 16.1. The third-order valence-corrected chi connectivity index (χ3v) is 5.72. The number of para-hydroxylation sites is 1. The Balaban J connectivity index is 1.52. The van der Waals surface area contributed by atoms with Gasteiger partial charge in [-0.2, -0.15) is 15.0 Å². The van der Waals surface area contributed by atoms with Gasteiger partial charge < -0.3 is 9.47 Å². The van der Waals surface area contributed by atoms with Gasteiger partial charge in [0, 0.05) is 12.5 Å². The number of hydrogen-bond donors (Lipinski definition) is 1. The van der Waals surface area contributed by atoms with Gasteiger partial charge in [-0.3, -0.25) is 0 Å². The summed E-state index contributed by atoms with van der Waals surface area (Å²) in [6, 6.07) is 14.0. The Labute approximate surface area is 163 Å². The van der Waals surface area contributed by atoms with Crippen molar-refractivity contribution in [3.05, 3.63) is 59.9 Å². The molecule has 0 bridgehead atoms. The van der Waals surface area contributed by atoms with Crippen LogP contribution in [0.15, 0.2) is 53.4 Å². The Morgan fingerprint density at radius 1 is 1.04 bits per heavy atom. The van der Waals surface area contributed by atoms with E-state index in [1.165, 1.54) is 16.9 Å². The molecule has 8 nitrogen and oxygen atoms in total. The van der Waals surface area contributed by atoms with Crippen molar-refractivity contribution in [3.63, 3.8) is 0 Å². The van der Waals surface area contributed by atoms with Crippen LogP contribution in [-0.4, -0.2) is 36.6 Å². The maximum Gasteiger partial charge on any atom is 0.241 e.